The van der Waals surface area contributed by atoms with Gasteiger partial charge in [0.05, 0.1) is 0 Å². The fourth-order valence-electron chi connectivity index (χ4n) is 1.03. The number of ketones is 1. The summed E-state index contributed by atoms with van der Waals surface area (Å²) in [6.45, 7) is 9.53. The second-order valence-corrected chi connectivity index (χ2v) is 3.10. The van der Waals surface area contributed by atoms with Gasteiger partial charge in [-0.2, -0.15) is 0 Å². The summed E-state index contributed by atoms with van der Waals surface area (Å²) in [6, 6.07) is 0. The molecule has 0 aliphatic rings. The summed E-state index contributed by atoms with van der Waals surface area (Å²) >= 11 is 0. The van der Waals surface area contributed by atoms with Crippen molar-refractivity contribution in [1.29, 1.82) is 0 Å². The molecule has 0 heterocycles. The average molecular weight is 152 g/mol. The molecular formula is C10H16O. The maximum Gasteiger partial charge on any atom is 0.155 e. The fourth-order valence-corrected chi connectivity index (χ4v) is 1.03. The third-order valence-electron chi connectivity index (χ3n) is 1.37. The van der Waals surface area contributed by atoms with E-state index in [1.807, 2.05) is 20.8 Å². The average Bonchev–Trinajstić information content (AvgIpc) is 1.85. The van der Waals surface area contributed by atoms with Crippen molar-refractivity contribution in [2.45, 2.75) is 27.2 Å². The van der Waals surface area contributed by atoms with Gasteiger partial charge in [0.15, 0.2) is 5.78 Å². The predicted molar refractivity (Wildman–Crippen MR) is 48.4 cm³/mol. The molecule has 1 atom stereocenters. The zero-order valence-corrected chi connectivity index (χ0v) is 7.55. The third-order valence-corrected chi connectivity index (χ3v) is 1.37. The molecule has 62 valence electrons. The van der Waals surface area contributed by atoms with E-state index in [9.17, 15) is 4.79 Å². The first-order valence-corrected chi connectivity index (χ1v) is 3.86. The van der Waals surface area contributed by atoms with Crippen LogP contribution < -0.4 is 0 Å². The van der Waals surface area contributed by atoms with Gasteiger partial charge < -0.3 is 0 Å². The minimum absolute atomic E-state index is 0.120. The van der Waals surface area contributed by atoms with Crippen molar-refractivity contribution in [3.63, 3.8) is 0 Å². The minimum atomic E-state index is 0.120. The Labute approximate surface area is 68.8 Å². The largest absolute Gasteiger partial charge is 0.295 e. The van der Waals surface area contributed by atoms with Gasteiger partial charge >= 0.3 is 0 Å². The molecule has 0 rings (SSSR count). The Bertz CT molecular complexity index is 173. The molecule has 0 amide bonds. The van der Waals surface area contributed by atoms with E-state index in [4.69, 9.17) is 0 Å². The molecule has 0 aromatic rings. The molecule has 0 saturated carbocycles. The second kappa shape index (κ2) is 4.89. The van der Waals surface area contributed by atoms with Gasteiger partial charge in [0, 0.05) is 6.42 Å². The maximum absolute atomic E-state index is 10.9. The van der Waals surface area contributed by atoms with Crippen LogP contribution in [-0.4, -0.2) is 5.78 Å². The fraction of sp³-hybridized carbons (Fsp3) is 0.500. The number of rotatable bonds is 4. The van der Waals surface area contributed by atoms with Gasteiger partial charge in [-0.15, -0.1) is 0 Å². The van der Waals surface area contributed by atoms with Crippen molar-refractivity contribution in [3.05, 3.63) is 24.3 Å². The third kappa shape index (κ3) is 5.59. The summed E-state index contributed by atoms with van der Waals surface area (Å²) in [5.74, 6) is 0.459. The molecule has 0 aromatic heterocycles. The van der Waals surface area contributed by atoms with E-state index in [2.05, 4.69) is 12.7 Å². The van der Waals surface area contributed by atoms with Gasteiger partial charge in [-0.05, 0) is 25.8 Å². The first kappa shape index (κ1) is 10.2. The van der Waals surface area contributed by atoms with Gasteiger partial charge in [0.1, 0.15) is 0 Å². The van der Waals surface area contributed by atoms with Crippen molar-refractivity contribution >= 4 is 5.78 Å². The van der Waals surface area contributed by atoms with Crippen molar-refractivity contribution in [2.24, 2.45) is 5.92 Å². The van der Waals surface area contributed by atoms with Crippen LogP contribution in [0.25, 0.3) is 0 Å². The van der Waals surface area contributed by atoms with Crippen LogP contribution in [-0.2, 0) is 4.79 Å². The molecule has 0 radical (unpaired) electrons. The molecule has 1 unspecified atom stereocenters. The molecular weight excluding hydrogens is 136 g/mol. The summed E-state index contributed by atoms with van der Waals surface area (Å²) < 4.78 is 0. The van der Waals surface area contributed by atoms with Gasteiger partial charge in [-0.25, -0.2) is 0 Å². The second-order valence-electron chi connectivity index (χ2n) is 3.10. The Balaban J connectivity index is 3.87. The van der Waals surface area contributed by atoms with Gasteiger partial charge in [0.2, 0.25) is 0 Å². The molecule has 0 aliphatic carbocycles. The molecule has 1 heteroatoms. The van der Waals surface area contributed by atoms with E-state index in [1.54, 1.807) is 0 Å². The molecule has 1 nitrogen and oxygen atoms in total. The Kier molecular flexibility index (Phi) is 4.51. The number of hydrogen-bond donors (Lipinski definition) is 0. The highest BCUT2D eigenvalue weighted by atomic mass is 16.1. The first-order valence-electron chi connectivity index (χ1n) is 3.86. The lowest BCUT2D eigenvalue weighted by Crippen LogP contribution is -1.99. The highest BCUT2D eigenvalue weighted by molar-refractivity contribution is 5.89. The molecule has 0 bridgehead atoms. The number of allylic oxidation sites excluding steroid dienone is 3. The normalized spacial score (nSPS) is 11.9. The Morgan fingerprint density at radius 2 is 2.09 bits per heavy atom. The Morgan fingerprint density at radius 3 is 2.45 bits per heavy atom. The lowest BCUT2D eigenvalue weighted by atomic mass is 10.0. The van der Waals surface area contributed by atoms with Crippen LogP contribution in [0.1, 0.15) is 27.2 Å². The number of carbonyl (C=O) groups is 1. The van der Waals surface area contributed by atoms with E-state index in [0.717, 1.165) is 0 Å². The molecule has 11 heavy (non-hydrogen) atoms. The van der Waals surface area contributed by atoms with Crippen LogP contribution in [0.5, 0.6) is 0 Å². The van der Waals surface area contributed by atoms with Crippen molar-refractivity contribution in [3.8, 4) is 0 Å². The Hall–Kier alpha value is -0.850. The van der Waals surface area contributed by atoms with Crippen LogP contribution in [0.2, 0.25) is 0 Å². The summed E-state index contributed by atoms with van der Waals surface area (Å²) in [4.78, 5) is 10.9. The van der Waals surface area contributed by atoms with Gasteiger partial charge in [0.25, 0.3) is 0 Å². The van der Waals surface area contributed by atoms with Crippen LogP contribution >= 0.6 is 0 Å². The van der Waals surface area contributed by atoms with E-state index in [1.165, 1.54) is 11.6 Å². The smallest absolute Gasteiger partial charge is 0.155 e. The molecule has 0 N–H and O–H groups in total. The molecule has 0 aromatic carbocycles. The van der Waals surface area contributed by atoms with Crippen LogP contribution in [0, 0.1) is 5.92 Å². The van der Waals surface area contributed by atoms with Crippen molar-refractivity contribution in [1.82, 2.24) is 0 Å². The highest BCUT2D eigenvalue weighted by Crippen LogP contribution is 2.07. The standard InChI is InChI=1S/C10H16O/c1-5-10(11)7-9(4)6-8(2)3/h5-6,9H,1,7H2,2-4H3. The van der Waals surface area contributed by atoms with Gasteiger partial charge in [-0.3, -0.25) is 4.79 Å². The summed E-state index contributed by atoms with van der Waals surface area (Å²) in [5, 5.41) is 0. The van der Waals surface area contributed by atoms with E-state index in [0.29, 0.717) is 12.3 Å². The SMILES string of the molecule is C=CC(=O)CC(C)C=C(C)C. The van der Waals surface area contributed by atoms with Gasteiger partial charge in [-0.1, -0.05) is 25.2 Å². The van der Waals surface area contributed by atoms with E-state index >= 15 is 0 Å². The molecule has 0 aliphatic heterocycles. The van der Waals surface area contributed by atoms with Crippen LogP contribution in [0.4, 0.5) is 0 Å². The number of hydrogen-bond acceptors (Lipinski definition) is 1. The maximum atomic E-state index is 10.9. The molecule has 0 saturated heterocycles. The van der Waals surface area contributed by atoms with Crippen molar-refractivity contribution < 1.29 is 4.79 Å². The first-order chi connectivity index (χ1) is 5.06. The lowest BCUT2D eigenvalue weighted by molar-refractivity contribution is -0.115. The quantitative estimate of drug-likeness (QED) is 0.447. The minimum Gasteiger partial charge on any atom is -0.295 e. The molecule has 0 fully saturated rings. The van der Waals surface area contributed by atoms with Crippen molar-refractivity contribution in [2.75, 3.05) is 0 Å². The molecule has 0 spiro atoms. The summed E-state index contributed by atoms with van der Waals surface area (Å²) in [7, 11) is 0. The number of carbonyl (C=O) groups excluding carboxylic acids is 1. The predicted octanol–water partition coefficient (Wildman–Crippen LogP) is 2.73. The Morgan fingerprint density at radius 1 is 1.55 bits per heavy atom. The van der Waals surface area contributed by atoms with E-state index in [-0.39, 0.29) is 5.78 Å². The summed E-state index contributed by atoms with van der Waals surface area (Å²) in [6.07, 6.45) is 4.06. The van der Waals surface area contributed by atoms with E-state index < -0.39 is 0 Å². The summed E-state index contributed by atoms with van der Waals surface area (Å²) in [5.41, 5.74) is 1.26. The lowest BCUT2D eigenvalue weighted by Gasteiger charge is -2.02. The zero-order chi connectivity index (χ0) is 8.85. The van der Waals surface area contributed by atoms with Crippen LogP contribution in [0.3, 0.4) is 0 Å². The van der Waals surface area contributed by atoms with Crippen LogP contribution in [0.15, 0.2) is 24.3 Å². The highest BCUT2D eigenvalue weighted by Gasteiger charge is 2.01. The monoisotopic (exact) mass is 152 g/mol. The zero-order valence-electron chi connectivity index (χ0n) is 7.55. The topological polar surface area (TPSA) is 17.1 Å².